The lowest BCUT2D eigenvalue weighted by Gasteiger charge is -2.09. The van der Waals surface area contributed by atoms with Crippen molar-refractivity contribution in [2.75, 3.05) is 0 Å². The van der Waals surface area contributed by atoms with Gasteiger partial charge in [-0.25, -0.2) is 0 Å². The third-order valence-electron chi connectivity index (χ3n) is 2.88. The van der Waals surface area contributed by atoms with E-state index in [-0.39, 0.29) is 0 Å². The molecule has 0 unspecified atom stereocenters. The summed E-state index contributed by atoms with van der Waals surface area (Å²) in [5.41, 5.74) is 2.11. The normalized spacial score (nSPS) is 18.4. The third kappa shape index (κ3) is 1.62. The minimum absolute atomic E-state index is 0.297. The van der Waals surface area contributed by atoms with Gasteiger partial charge in [-0.05, 0) is 29.3 Å². The molecule has 1 fully saturated rings. The topological polar surface area (TPSA) is 40.5 Å². The zero-order valence-electron chi connectivity index (χ0n) is 7.70. The summed E-state index contributed by atoms with van der Waals surface area (Å²) >= 11 is 0. The van der Waals surface area contributed by atoms with Crippen molar-refractivity contribution >= 4 is 12.6 Å². The Hall–Kier alpha value is -0.795. The second kappa shape index (κ2) is 2.86. The Bertz CT molecular complexity index is 318. The quantitative estimate of drug-likeness (QED) is 0.641. The van der Waals surface area contributed by atoms with Gasteiger partial charge in [0.1, 0.15) is 0 Å². The summed E-state index contributed by atoms with van der Waals surface area (Å²) in [5, 5.41) is 18.0. The molecule has 1 aliphatic rings. The molecular weight excluding hydrogens is 163 g/mol. The minimum atomic E-state index is -1.35. The summed E-state index contributed by atoms with van der Waals surface area (Å²) in [6.07, 6.45) is 2.41. The molecule has 2 nitrogen and oxygen atoms in total. The van der Waals surface area contributed by atoms with Crippen LogP contribution in [0.15, 0.2) is 24.3 Å². The van der Waals surface area contributed by atoms with Crippen LogP contribution in [-0.4, -0.2) is 17.2 Å². The molecule has 0 amide bonds. The van der Waals surface area contributed by atoms with Gasteiger partial charge in [-0.15, -0.1) is 0 Å². The molecule has 0 atom stereocenters. The van der Waals surface area contributed by atoms with Crippen LogP contribution in [0.1, 0.15) is 25.3 Å². The molecule has 1 aromatic rings. The Balaban J connectivity index is 2.33. The van der Waals surface area contributed by atoms with Gasteiger partial charge in [0.15, 0.2) is 0 Å². The molecule has 2 rings (SSSR count). The van der Waals surface area contributed by atoms with Crippen LogP contribution in [-0.2, 0) is 5.41 Å². The van der Waals surface area contributed by atoms with Crippen molar-refractivity contribution in [3.63, 3.8) is 0 Å². The van der Waals surface area contributed by atoms with Crippen molar-refractivity contribution in [1.29, 1.82) is 0 Å². The largest absolute Gasteiger partial charge is 0.488 e. The molecule has 0 saturated heterocycles. The fourth-order valence-electron chi connectivity index (χ4n) is 1.55. The first kappa shape index (κ1) is 8.79. The molecule has 0 aromatic heterocycles. The summed E-state index contributed by atoms with van der Waals surface area (Å²) in [7, 11) is -1.35. The monoisotopic (exact) mass is 176 g/mol. The number of hydrogen-bond acceptors (Lipinski definition) is 2. The van der Waals surface area contributed by atoms with Crippen LogP contribution in [0.25, 0.3) is 0 Å². The molecule has 0 aliphatic heterocycles. The number of rotatable bonds is 2. The van der Waals surface area contributed by atoms with Gasteiger partial charge in [0.05, 0.1) is 0 Å². The van der Waals surface area contributed by atoms with Gasteiger partial charge in [0, 0.05) is 0 Å². The summed E-state index contributed by atoms with van der Waals surface area (Å²) in [5.74, 6) is 0. The van der Waals surface area contributed by atoms with E-state index in [0.29, 0.717) is 10.9 Å². The minimum Gasteiger partial charge on any atom is -0.423 e. The number of benzene rings is 1. The Labute approximate surface area is 78.4 Å². The van der Waals surface area contributed by atoms with E-state index in [1.54, 1.807) is 6.07 Å². The van der Waals surface area contributed by atoms with Gasteiger partial charge in [-0.2, -0.15) is 0 Å². The lowest BCUT2D eigenvalue weighted by molar-refractivity contribution is 0.425. The van der Waals surface area contributed by atoms with Crippen molar-refractivity contribution in [2.24, 2.45) is 0 Å². The molecule has 0 spiro atoms. The van der Waals surface area contributed by atoms with Gasteiger partial charge in [0.25, 0.3) is 0 Å². The first-order valence-electron chi connectivity index (χ1n) is 4.58. The van der Waals surface area contributed by atoms with E-state index in [1.807, 2.05) is 12.1 Å². The van der Waals surface area contributed by atoms with Gasteiger partial charge in [0.2, 0.25) is 0 Å². The van der Waals surface area contributed by atoms with Crippen molar-refractivity contribution in [3.8, 4) is 0 Å². The molecule has 2 N–H and O–H groups in total. The van der Waals surface area contributed by atoms with E-state index in [4.69, 9.17) is 10.0 Å². The average Bonchev–Trinajstić information content (AvgIpc) is 2.85. The second-order valence-corrected chi connectivity index (χ2v) is 4.06. The Morgan fingerprint density at radius 2 is 2.00 bits per heavy atom. The predicted molar refractivity (Wildman–Crippen MR) is 52.9 cm³/mol. The molecule has 0 radical (unpaired) electrons. The van der Waals surface area contributed by atoms with E-state index < -0.39 is 7.12 Å². The Kier molecular flexibility index (Phi) is 1.93. The first-order chi connectivity index (χ1) is 6.12. The molecule has 0 bridgehead atoms. The van der Waals surface area contributed by atoms with Gasteiger partial charge >= 0.3 is 7.12 Å². The Morgan fingerprint density at radius 1 is 1.31 bits per heavy atom. The maximum atomic E-state index is 8.99. The van der Waals surface area contributed by atoms with Crippen LogP contribution in [0.4, 0.5) is 0 Å². The van der Waals surface area contributed by atoms with E-state index in [1.165, 1.54) is 18.4 Å². The van der Waals surface area contributed by atoms with Crippen LogP contribution in [0.2, 0.25) is 0 Å². The van der Waals surface area contributed by atoms with Crippen LogP contribution in [0.3, 0.4) is 0 Å². The van der Waals surface area contributed by atoms with Crippen LogP contribution < -0.4 is 5.46 Å². The molecule has 68 valence electrons. The maximum absolute atomic E-state index is 8.99. The van der Waals surface area contributed by atoms with Crippen LogP contribution >= 0.6 is 0 Å². The molecule has 1 aromatic carbocycles. The predicted octanol–water partition coefficient (Wildman–Crippen LogP) is 0.418. The number of hydrogen-bond donors (Lipinski definition) is 2. The lowest BCUT2D eigenvalue weighted by atomic mass is 9.78. The fourth-order valence-corrected chi connectivity index (χ4v) is 1.55. The highest BCUT2D eigenvalue weighted by atomic mass is 16.4. The molecule has 1 saturated carbocycles. The van der Waals surface area contributed by atoms with Gasteiger partial charge < -0.3 is 10.0 Å². The SMILES string of the molecule is CC1(c2cccc(B(O)O)c2)CC1. The zero-order chi connectivity index (χ0) is 9.47. The van der Waals surface area contributed by atoms with Crippen molar-refractivity contribution in [2.45, 2.75) is 25.2 Å². The second-order valence-electron chi connectivity index (χ2n) is 4.06. The van der Waals surface area contributed by atoms with Crippen molar-refractivity contribution in [3.05, 3.63) is 29.8 Å². The van der Waals surface area contributed by atoms with Crippen molar-refractivity contribution < 1.29 is 10.0 Å². The maximum Gasteiger partial charge on any atom is 0.488 e. The summed E-state index contributed by atoms with van der Waals surface area (Å²) < 4.78 is 0. The molecular formula is C10H13BO2. The first-order valence-corrected chi connectivity index (χ1v) is 4.58. The van der Waals surface area contributed by atoms with E-state index in [2.05, 4.69) is 13.0 Å². The van der Waals surface area contributed by atoms with Crippen LogP contribution in [0.5, 0.6) is 0 Å². The third-order valence-corrected chi connectivity index (χ3v) is 2.88. The molecule has 0 heterocycles. The summed E-state index contributed by atoms with van der Waals surface area (Å²) in [6.45, 7) is 2.20. The molecule has 13 heavy (non-hydrogen) atoms. The Morgan fingerprint density at radius 3 is 2.54 bits per heavy atom. The summed E-state index contributed by atoms with van der Waals surface area (Å²) in [4.78, 5) is 0. The lowest BCUT2D eigenvalue weighted by Crippen LogP contribution is -2.30. The zero-order valence-corrected chi connectivity index (χ0v) is 7.70. The van der Waals surface area contributed by atoms with E-state index in [0.717, 1.165) is 0 Å². The van der Waals surface area contributed by atoms with Crippen molar-refractivity contribution in [1.82, 2.24) is 0 Å². The van der Waals surface area contributed by atoms with Gasteiger partial charge in [-0.3, -0.25) is 0 Å². The average molecular weight is 176 g/mol. The van der Waals surface area contributed by atoms with Gasteiger partial charge in [-0.1, -0.05) is 31.2 Å². The fraction of sp³-hybridized carbons (Fsp3) is 0.400. The highest BCUT2D eigenvalue weighted by Crippen LogP contribution is 2.47. The standard InChI is InChI=1S/C10H13BO2/c1-10(5-6-10)8-3-2-4-9(7-8)11(12)13/h2-4,7,12-13H,5-6H2,1H3. The molecule has 3 heteroatoms. The van der Waals surface area contributed by atoms with Crippen LogP contribution in [0, 0.1) is 0 Å². The van der Waals surface area contributed by atoms with E-state index in [9.17, 15) is 0 Å². The van der Waals surface area contributed by atoms with E-state index >= 15 is 0 Å². The molecule has 1 aliphatic carbocycles. The smallest absolute Gasteiger partial charge is 0.423 e. The highest BCUT2D eigenvalue weighted by Gasteiger charge is 2.39. The highest BCUT2D eigenvalue weighted by molar-refractivity contribution is 6.58. The summed E-state index contributed by atoms with van der Waals surface area (Å²) in [6, 6.07) is 7.56.